The zero-order chi connectivity index (χ0) is 15.5. The first-order chi connectivity index (χ1) is 9.88. The second kappa shape index (κ2) is 6.02. The number of aromatic nitrogens is 3. The number of carboxylic acid groups (broad SMARTS) is 1. The first kappa shape index (κ1) is 15.1. The number of aliphatic carboxylic acids is 1. The Kier molecular flexibility index (Phi) is 4.35. The molecule has 0 saturated heterocycles. The van der Waals surface area contributed by atoms with Gasteiger partial charge in [-0.25, -0.2) is 4.68 Å². The fourth-order valence-electron chi connectivity index (χ4n) is 2.03. The van der Waals surface area contributed by atoms with Crippen LogP contribution in [0.3, 0.4) is 0 Å². The van der Waals surface area contributed by atoms with E-state index in [1.165, 1.54) is 4.68 Å². The van der Waals surface area contributed by atoms with Gasteiger partial charge >= 0.3 is 5.97 Å². The SMILES string of the molecule is CC(O)(Cn1cc(CC(N)C(=O)O)nn1)c1ccccc1. The van der Waals surface area contributed by atoms with Crippen LogP contribution < -0.4 is 5.73 Å². The number of carbonyl (C=O) groups is 1. The van der Waals surface area contributed by atoms with Crippen molar-refractivity contribution in [2.75, 3.05) is 0 Å². The lowest BCUT2D eigenvalue weighted by Crippen LogP contribution is -2.32. The summed E-state index contributed by atoms with van der Waals surface area (Å²) in [5.41, 5.74) is 5.60. The van der Waals surface area contributed by atoms with E-state index in [1.807, 2.05) is 30.3 Å². The molecule has 0 bridgehead atoms. The van der Waals surface area contributed by atoms with Gasteiger partial charge in [0.15, 0.2) is 0 Å². The first-order valence-corrected chi connectivity index (χ1v) is 6.54. The van der Waals surface area contributed by atoms with E-state index >= 15 is 0 Å². The lowest BCUT2D eigenvalue weighted by atomic mass is 9.96. The molecule has 0 aliphatic heterocycles. The summed E-state index contributed by atoms with van der Waals surface area (Å²) < 4.78 is 1.48. The van der Waals surface area contributed by atoms with Gasteiger partial charge < -0.3 is 15.9 Å². The molecule has 1 heterocycles. The maximum atomic E-state index is 10.7. The third-order valence-electron chi connectivity index (χ3n) is 3.20. The second-order valence-electron chi connectivity index (χ2n) is 5.20. The van der Waals surface area contributed by atoms with E-state index in [4.69, 9.17) is 10.8 Å². The molecule has 0 aliphatic rings. The Morgan fingerprint density at radius 1 is 1.43 bits per heavy atom. The third-order valence-corrected chi connectivity index (χ3v) is 3.20. The molecule has 0 fully saturated rings. The summed E-state index contributed by atoms with van der Waals surface area (Å²) >= 11 is 0. The van der Waals surface area contributed by atoms with Gasteiger partial charge in [-0.05, 0) is 12.5 Å². The van der Waals surface area contributed by atoms with Gasteiger partial charge in [-0.2, -0.15) is 0 Å². The monoisotopic (exact) mass is 290 g/mol. The van der Waals surface area contributed by atoms with Gasteiger partial charge in [0.05, 0.1) is 12.2 Å². The second-order valence-corrected chi connectivity index (χ2v) is 5.20. The highest BCUT2D eigenvalue weighted by molar-refractivity contribution is 5.73. The summed E-state index contributed by atoms with van der Waals surface area (Å²) in [6.45, 7) is 1.90. The number of hydrogen-bond donors (Lipinski definition) is 3. The number of rotatable bonds is 6. The molecule has 2 atom stereocenters. The minimum absolute atomic E-state index is 0.100. The maximum Gasteiger partial charge on any atom is 0.320 e. The molecule has 21 heavy (non-hydrogen) atoms. The van der Waals surface area contributed by atoms with Gasteiger partial charge in [0.2, 0.25) is 0 Å². The normalized spacial score (nSPS) is 15.4. The van der Waals surface area contributed by atoms with Crippen LogP contribution in [-0.4, -0.2) is 37.2 Å². The highest BCUT2D eigenvalue weighted by atomic mass is 16.4. The van der Waals surface area contributed by atoms with Crippen molar-refractivity contribution < 1.29 is 15.0 Å². The Labute approximate surface area is 122 Å². The predicted molar refractivity (Wildman–Crippen MR) is 75.4 cm³/mol. The van der Waals surface area contributed by atoms with Crippen molar-refractivity contribution in [3.05, 3.63) is 47.8 Å². The molecular formula is C14H18N4O3. The van der Waals surface area contributed by atoms with E-state index < -0.39 is 17.6 Å². The number of nitrogens with zero attached hydrogens (tertiary/aromatic N) is 3. The van der Waals surface area contributed by atoms with E-state index in [1.54, 1.807) is 13.1 Å². The zero-order valence-corrected chi connectivity index (χ0v) is 11.7. The number of aliphatic hydroxyl groups is 1. The molecule has 0 spiro atoms. The molecule has 1 aromatic carbocycles. The van der Waals surface area contributed by atoms with Crippen molar-refractivity contribution in [2.24, 2.45) is 5.73 Å². The summed E-state index contributed by atoms with van der Waals surface area (Å²) in [5, 5.41) is 27.0. The van der Waals surface area contributed by atoms with Gasteiger partial charge in [0, 0.05) is 12.6 Å². The van der Waals surface area contributed by atoms with Crippen LogP contribution >= 0.6 is 0 Å². The minimum Gasteiger partial charge on any atom is -0.480 e. The number of carboxylic acids is 1. The van der Waals surface area contributed by atoms with Crippen molar-refractivity contribution in [1.29, 1.82) is 0 Å². The average molecular weight is 290 g/mol. The summed E-state index contributed by atoms with van der Waals surface area (Å²) in [7, 11) is 0. The Morgan fingerprint density at radius 2 is 2.10 bits per heavy atom. The van der Waals surface area contributed by atoms with Crippen LogP contribution in [0.15, 0.2) is 36.5 Å². The maximum absolute atomic E-state index is 10.7. The Morgan fingerprint density at radius 3 is 2.71 bits per heavy atom. The van der Waals surface area contributed by atoms with Gasteiger partial charge in [-0.15, -0.1) is 5.10 Å². The lowest BCUT2D eigenvalue weighted by molar-refractivity contribution is -0.138. The lowest BCUT2D eigenvalue weighted by Gasteiger charge is -2.23. The van der Waals surface area contributed by atoms with E-state index in [9.17, 15) is 9.90 Å². The fourth-order valence-corrected chi connectivity index (χ4v) is 2.03. The van der Waals surface area contributed by atoms with Crippen LogP contribution in [0.1, 0.15) is 18.2 Å². The fraction of sp³-hybridized carbons (Fsp3) is 0.357. The quantitative estimate of drug-likeness (QED) is 0.697. The van der Waals surface area contributed by atoms with Crippen molar-refractivity contribution in [1.82, 2.24) is 15.0 Å². The standard InChI is InChI=1S/C14H18N4O3/c1-14(21,10-5-3-2-4-6-10)9-18-8-11(16-17-18)7-12(15)13(19)20/h2-6,8,12,21H,7,9,15H2,1H3,(H,19,20). The van der Waals surface area contributed by atoms with Crippen LogP contribution in [0.4, 0.5) is 0 Å². The highest BCUT2D eigenvalue weighted by Gasteiger charge is 2.24. The molecule has 112 valence electrons. The largest absolute Gasteiger partial charge is 0.480 e. The Bertz CT molecular complexity index is 610. The molecule has 0 saturated carbocycles. The molecule has 0 aliphatic carbocycles. The number of nitrogens with two attached hydrogens (primary N) is 1. The molecule has 7 heteroatoms. The summed E-state index contributed by atoms with van der Waals surface area (Å²) in [4.78, 5) is 10.7. The molecule has 2 aromatic rings. The van der Waals surface area contributed by atoms with Crippen LogP contribution in [0.5, 0.6) is 0 Å². The van der Waals surface area contributed by atoms with E-state index in [0.717, 1.165) is 5.56 Å². The molecule has 2 unspecified atom stereocenters. The Hall–Kier alpha value is -2.25. The smallest absolute Gasteiger partial charge is 0.320 e. The van der Waals surface area contributed by atoms with Crippen molar-refractivity contribution in [2.45, 2.75) is 31.5 Å². The minimum atomic E-state index is -1.10. The average Bonchev–Trinajstić information content (AvgIpc) is 2.86. The van der Waals surface area contributed by atoms with Gasteiger partial charge in [0.1, 0.15) is 11.6 Å². The third kappa shape index (κ3) is 3.87. The Balaban J connectivity index is 2.07. The molecule has 2 rings (SSSR count). The zero-order valence-electron chi connectivity index (χ0n) is 11.7. The van der Waals surface area contributed by atoms with Gasteiger partial charge in [-0.3, -0.25) is 4.79 Å². The van der Waals surface area contributed by atoms with E-state index in [-0.39, 0.29) is 13.0 Å². The van der Waals surface area contributed by atoms with Crippen LogP contribution in [0.2, 0.25) is 0 Å². The van der Waals surface area contributed by atoms with Crippen molar-refractivity contribution in [3.8, 4) is 0 Å². The van der Waals surface area contributed by atoms with Crippen LogP contribution in [-0.2, 0) is 23.4 Å². The van der Waals surface area contributed by atoms with Gasteiger partial charge in [0.25, 0.3) is 0 Å². The molecule has 0 amide bonds. The van der Waals surface area contributed by atoms with E-state index in [2.05, 4.69) is 10.3 Å². The summed E-state index contributed by atoms with van der Waals surface area (Å²) in [6, 6.07) is 8.23. The summed E-state index contributed by atoms with van der Waals surface area (Å²) in [5.74, 6) is -1.08. The predicted octanol–water partition coefficient (Wildman–Crippen LogP) is 0.140. The van der Waals surface area contributed by atoms with Crippen LogP contribution in [0.25, 0.3) is 0 Å². The van der Waals surface area contributed by atoms with E-state index in [0.29, 0.717) is 5.69 Å². The number of benzene rings is 1. The summed E-state index contributed by atoms with van der Waals surface area (Å²) in [6.07, 6.45) is 1.70. The molecule has 4 N–H and O–H groups in total. The topological polar surface area (TPSA) is 114 Å². The van der Waals surface area contributed by atoms with Crippen LogP contribution in [0, 0.1) is 0 Å². The van der Waals surface area contributed by atoms with Crippen molar-refractivity contribution in [3.63, 3.8) is 0 Å². The molecule has 7 nitrogen and oxygen atoms in total. The van der Waals surface area contributed by atoms with Gasteiger partial charge in [-0.1, -0.05) is 35.5 Å². The molecule has 0 radical (unpaired) electrons. The molecule has 1 aromatic heterocycles. The molecular weight excluding hydrogens is 272 g/mol. The van der Waals surface area contributed by atoms with Crippen molar-refractivity contribution >= 4 is 5.97 Å². The number of hydrogen-bond acceptors (Lipinski definition) is 5. The first-order valence-electron chi connectivity index (χ1n) is 6.54. The highest BCUT2D eigenvalue weighted by Crippen LogP contribution is 2.21.